The Labute approximate surface area is 138 Å². The molecule has 9 nitrogen and oxygen atoms in total. The first-order chi connectivity index (χ1) is 11.0. The summed E-state index contributed by atoms with van der Waals surface area (Å²) in [5.74, 6) is 0. The fourth-order valence-corrected chi connectivity index (χ4v) is 3.28. The molecule has 1 aromatic heterocycles. The van der Waals surface area contributed by atoms with Crippen LogP contribution >= 0.6 is 0 Å². The van der Waals surface area contributed by atoms with Crippen molar-refractivity contribution in [2.45, 2.75) is 36.0 Å². The smallest absolute Gasteiger partial charge is 0.294 e. The quantitative estimate of drug-likeness (QED) is 0.637. The highest BCUT2D eigenvalue weighted by Gasteiger charge is 2.19. The maximum Gasteiger partial charge on any atom is 0.294 e. The Kier molecular flexibility index (Phi) is 4.99. The third kappa shape index (κ3) is 4.12. The number of nitrogens with one attached hydrogen (secondary N) is 1. The minimum absolute atomic E-state index is 0.148. The lowest BCUT2D eigenvalue weighted by molar-refractivity contribution is 0.481. The summed E-state index contributed by atoms with van der Waals surface area (Å²) in [6.45, 7) is 1.98. The minimum atomic E-state index is -4.74. The number of unbranched alkanes of at least 4 members (excludes halogenated alkanes) is 1. The molecule has 0 aliphatic heterocycles. The Bertz CT molecular complexity index is 967. The van der Waals surface area contributed by atoms with Gasteiger partial charge in [-0.2, -0.15) is 16.8 Å². The van der Waals surface area contributed by atoms with E-state index in [0.717, 1.165) is 29.7 Å². The van der Waals surface area contributed by atoms with Crippen LogP contribution in [0.25, 0.3) is 5.69 Å². The molecular weight excluding hydrogens is 360 g/mol. The van der Waals surface area contributed by atoms with Crippen molar-refractivity contribution in [1.82, 2.24) is 9.78 Å². The van der Waals surface area contributed by atoms with Crippen LogP contribution in [0.5, 0.6) is 0 Å². The Morgan fingerprint density at radius 1 is 1.00 bits per heavy atom. The number of benzene rings is 1. The molecule has 132 valence electrons. The first-order valence-corrected chi connectivity index (χ1v) is 9.82. The molecule has 0 unspecified atom stereocenters. The predicted octanol–water partition coefficient (Wildman–Crippen LogP) is 1.00. The van der Waals surface area contributed by atoms with Gasteiger partial charge >= 0.3 is 0 Å². The molecule has 0 saturated carbocycles. The molecule has 1 aromatic carbocycles. The number of H-pyrrole nitrogens is 1. The van der Waals surface area contributed by atoms with Gasteiger partial charge in [-0.3, -0.25) is 19.0 Å². The van der Waals surface area contributed by atoms with E-state index in [4.69, 9.17) is 9.11 Å². The third-order valence-corrected chi connectivity index (χ3v) is 4.95. The van der Waals surface area contributed by atoms with E-state index in [9.17, 15) is 21.6 Å². The summed E-state index contributed by atoms with van der Waals surface area (Å²) < 4.78 is 64.5. The van der Waals surface area contributed by atoms with Gasteiger partial charge < -0.3 is 0 Å². The summed E-state index contributed by atoms with van der Waals surface area (Å²) in [7, 11) is -9.48. The molecule has 0 amide bonds. The van der Waals surface area contributed by atoms with Crippen molar-refractivity contribution in [3.63, 3.8) is 0 Å². The second-order valence-electron chi connectivity index (χ2n) is 5.17. The zero-order valence-corrected chi connectivity index (χ0v) is 14.3. The van der Waals surface area contributed by atoms with E-state index in [0.29, 0.717) is 18.2 Å². The lowest BCUT2D eigenvalue weighted by atomic mass is 10.2. The number of aromatic nitrogens is 2. The number of hydrogen-bond acceptors (Lipinski definition) is 5. The molecule has 2 rings (SSSR count). The predicted molar refractivity (Wildman–Crippen MR) is 84.6 cm³/mol. The number of hydrogen-bond donors (Lipinski definition) is 3. The van der Waals surface area contributed by atoms with Gasteiger partial charge in [-0.05, 0) is 31.0 Å². The fraction of sp³-hybridized carbons (Fsp3) is 0.308. The van der Waals surface area contributed by atoms with Crippen LogP contribution in [0.3, 0.4) is 0 Å². The summed E-state index contributed by atoms with van der Waals surface area (Å²) in [5.41, 5.74) is -0.0899. The largest absolute Gasteiger partial charge is 0.295 e. The molecule has 24 heavy (non-hydrogen) atoms. The monoisotopic (exact) mass is 376 g/mol. The average molecular weight is 376 g/mol. The van der Waals surface area contributed by atoms with E-state index in [1.54, 1.807) is 0 Å². The molecule has 0 spiro atoms. The second-order valence-corrected chi connectivity index (χ2v) is 8.01. The number of nitrogens with zero attached hydrogens (tertiary/aromatic N) is 1. The highest BCUT2D eigenvalue weighted by molar-refractivity contribution is 7.86. The van der Waals surface area contributed by atoms with Crippen molar-refractivity contribution in [3.05, 3.63) is 40.3 Å². The number of aromatic amines is 1. The maximum absolute atomic E-state index is 12.0. The summed E-state index contributed by atoms with van der Waals surface area (Å²) >= 11 is 0. The zero-order chi connectivity index (χ0) is 18.1. The molecule has 0 aliphatic carbocycles. The van der Waals surface area contributed by atoms with E-state index in [2.05, 4.69) is 5.10 Å². The van der Waals surface area contributed by atoms with E-state index < -0.39 is 35.6 Å². The van der Waals surface area contributed by atoms with Crippen molar-refractivity contribution in [3.8, 4) is 5.69 Å². The Morgan fingerprint density at radius 3 is 2.00 bits per heavy atom. The van der Waals surface area contributed by atoms with Gasteiger partial charge in [0, 0.05) is 11.8 Å². The van der Waals surface area contributed by atoms with E-state index >= 15 is 0 Å². The van der Waals surface area contributed by atoms with Crippen molar-refractivity contribution in [2.75, 3.05) is 0 Å². The van der Waals surface area contributed by atoms with Crippen molar-refractivity contribution >= 4 is 20.2 Å². The standard InChI is InChI=1S/C13H16N2O7S2/c1-2-3-4-9-5-13(16)15(14-9)10-6-11(23(17,18)19)8-12(7-10)24(20,21)22/h5-8,14H,2-4H2,1H3,(H,17,18,19)(H,20,21,22). The summed E-state index contributed by atoms with van der Waals surface area (Å²) in [5, 5.41) is 2.74. The van der Waals surface area contributed by atoms with Crippen molar-refractivity contribution in [1.29, 1.82) is 0 Å². The minimum Gasteiger partial charge on any atom is -0.295 e. The lowest BCUT2D eigenvalue weighted by Gasteiger charge is -2.07. The van der Waals surface area contributed by atoms with Gasteiger partial charge in [-0.1, -0.05) is 13.3 Å². The van der Waals surface area contributed by atoms with Crippen LogP contribution in [0.15, 0.2) is 38.9 Å². The average Bonchev–Trinajstić information content (AvgIpc) is 2.84. The molecule has 1 heterocycles. The molecule has 0 saturated heterocycles. The van der Waals surface area contributed by atoms with E-state index in [-0.39, 0.29) is 5.69 Å². The Balaban J connectivity index is 2.66. The summed E-state index contributed by atoms with van der Waals surface area (Å²) in [4.78, 5) is 10.5. The van der Waals surface area contributed by atoms with Gasteiger partial charge in [0.05, 0.1) is 15.5 Å². The van der Waals surface area contributed by atoms with Gasteiger partial charge in [0.1, 0.15) is 0 Å². The normalized spacial score (nSPS) is 12.5. The van der Waals surface area contributed by atoms with Gasteiger partial charge in [0.25, 0.3) is 25.8 Å². The zero-order valence-electron chi connectivity index (χ0n) is 12.6. The molecule has 3 N–H and O–H groups in total. The molecule has 0 bridgehead atoms. The fourth-order valence-electron chi connectivity index (χ4n) is 2.12. The molecule has 11 heteroatoms. The van der Waals surface area contributed by atoms with Crippen LogP contribution in [0.4, 0.5) is 0 Å². The van der Waals surface area contributed by atoms with E-state index in [1.807, 2.05) is 6.92 Å². The van der Waals surface area contributed by atoms with Crippen molar-refractivity contribution in [2.24, 2.45) is 0 Å². The van der Waals surface area contributed by atoms with Gasteiger partial charge in [-0.25, -0.2) is 4.68 Å². The van der Waals surface area contributed by atoms with Crippen LogP contribution in [0, 0.1) is 0 Å². The first kappa shape index (κ1) is 18.4. The van der Waals surface area contributed by atoms with Gasteiger partial charge in [-0.15, -0.1) is 0 Å². The van der Waals surface area contributed by atoms with Crippen LogP contribution in [0.1, 0.15) is 25.5 Å². The van der Waals surface area contributed by atoms with Gasteiger partial charge in [0.2, 0.25) is 0 Å². The molecule has 0 aliphatic rings. The summed E-state index contributed by atoms with van der Waals surface area (Å²) in [6.07, 6.45) is 2.31. The van der Waals surface area contributed by atoms with Crippen LogP contribution in [0.2, 0.25) is 0 Å². The highest BCUT2D eigenvalue weighted by atomic mass is 32.2. The van der Waals surface area contributed by atoms with Gasteiger partial charge in [0.15, 0.2) is 0 Å². The van der Waals surface area contributed by atoms with Crippen LogP contribution in [-0.2, 0) is 26.7 Å². The molecule has 0 atom stereocenters. The Morgan fingerprint density at radius 2 is 1.54 bits per heavy atom. The van der Waals surface area contributed by atoms with E-state index in [1.165, 1.54) is 6.07 Å². The SMILES string of the molecule is CCCCc1cc(=O)n(-c2cc(S(=O)(=O)O)cc(S(=O)(=O)O)c2)[nH]1. The Hall–Kier alpha value is -1.95. The molecule has 0 fully saturated rings. The lowest BCUT2D eigenvalue weighted by Crippen LogP contribution is -2.15. The highest BCUT2D eigenvalue weighted by Crippen LogP contribution is 2.20. The van der Waals surface area contributed by atoms with Crippen LogP contribution < -0.4 is 5.56 Å². The number of aryl methyl sites for hydroxylation is 1. The second kappa shape index (κ2) is 6.51. The summed E-state index contributed by atoms with van der Waals surface area (Å²) in [6, 6.07) is 3.75. The first-order valence-electron chi connectivity index (χ1n) is 6.94. The molecule has 0 radical (unpaired) electrons. The van der Waals surface area contributed by atoms with Crippen molar-refractivity contribution < 1.29 is 25.9 Å². The van der Waals surface area contributed by atoms with Crippen LogP contribution in [-0.4, -0.2) is 35.7 Å². The third-order valence-electron chi connectivity index (χ3n) is 3.29. The number of rotatable bonds is 6. The topological polar surface area (TPSA) is 147 Å². The maximum atomic E-state index is 12.0. The molecule has 2 aromatic rings. The molecular formula is C13H16N2O7S2.